The molecule has 5 heteroatoms. The first-order valence-corrected chi connectivity index (χ1v) is 7.37. The van der Waals surface area contributed by atoms with Gasteiger partial charge >= 0.3 is 0 Å². The molecule has 0 saturated carbocycles. The van der Waals surface area contributed by atoms with Gasteiger partial charge in [-0.15, -0.1) is 0 Å². The van der Waals surface area contributed by atoms with Crippen LogP contribution in [0.3, 0.4) is 0 Å². The highest BCUT2D eigenvalue weighted by Crippen LogP contribution is 2.36. The first-order chi connectivity index (χ1) is 9.02. The molecule has 1 aromatic rings. The predicted octanol–water partition coefficient (Wildman–Crippen LogP) is 3.53. The molecule has 1 heterocycles. The molecule has 1 atom stereocenters. The van der Waals surface area contributed by atoms with Crippen LogP contribution in [0.4, 0.5) is 0 Å². The molecule has 100 valence electrons. The van der Waals surface area contributed by atoms with E-state index in [0.717, 1.165) is 5.56 Å². The number of hydrogen-bond donors (Lipinski definition) is 0. The van der Waals surface area contributed by atoms with Gasteiger partial charge in [-0.25, -0.2) is 0 Å². The van der Waals surface area contributed by atoms with Crippen molar-refractivity contribution in [1.29, 1.82) is 0 Å². The summed E-state index contributed by atoms with van der Waals surface area (Å²) in [5.74, 6) is -0.410. The first kappa shape index (κ1) is 14.2. The molecule has 0 aromatic heterocycles. The van der Waals surface area contributed by atoms with Crippen molar-refractivity contribution in [2.45, 2.75) is 19.4 Å². The number of rotatable bonds is 3. The standard InChI is InChI=1S/C14H13ClO3S/c1-8(16)13-11(17)7-12(18-14(13)19-2)9-3-5-10(15)6-4-9/h3-6,12H,7H2,1-2H3. The summed E-state index contributed by atoms with van der Waals surface area (Å²) in [6.07, 6.45) is 1.62. The Bertz CT molecular complexity index is 548. The summed E-state index contributed by atoms with van der Waals surface area (Å²) in [7, 11) is 0. The van der Waals surface area contributed by atoms with E-state index in [0.29, 0.717) is 10.1 Å². The van der Waals surface area contributed by atoms with Crippen LogP contribution in [0.25, 0.3) is 0 Å². The lowest BCUT2D eigenvalue weighted by molar-refractivity contribution is -0.123. The average Bonchev–Trinajstić information content (AvgIpc) is 2.38. The Hall–Kier alpha value is -1.26. The molecule has 1 aliphatic rings. The minimum Gasteiger partial charge on any atom is -0.478 e. The quantitative estimate of drug-likeness (QED) is 0.800. The number of benzene rings is 1. The molecule has 19 heavy (non-hydrogen) atoms. The third-order valence-electron chi connectivity index (χ3n) is 2.88. The predicted molar refractivity (Wildman–Crippen MR) is 76.1 cm³/mol. The highest BCUT2D eigenvalue weighted by molar-refractivity contribution is 8.02. The van der Waals surface area contributed by atoms with E-state index < -0.39 is 0 Å². The summed E-state index contributed by atoms with van der Waals surface area (Å²) in [4.78, 5) is 23.5. The minimum absolute atomic E-state index is 0.164. The van der Waals surface area contributed by atoms with Gasteiger partial charge in [-0.2, -0.15) is 0 Å². The molecular formula is C14H13ClO3S. The number of Topliss-reactive ketones (excluding diaryl/α,β-unsaturated/α-hetero) is 2. The molecule has 1 unspecified atom stereocenters. The van der Waals surface area contributed by atoms with Crippen molar-refractivity contribution in [2.24, 2.45) is 0 Å². The maximum atomic E-state index is 12.1. The number of halogens is 1. The van der Waals surface area contributed by atoms with Gasteiger partial charge in [0.15, 0.2) is 16.7 Å². The summed E-state index contributed by atoms with van der Waals surface area (Å²) < 4.78 is 5.76. The molecule has 0 aliphatic carbocycles. The van der Waals surface area contributed by atoms with Crippen LogP contribution in [0, 0.1) is 0 Å². The Labute approximate surface area is 121 Å². The van der Waals surface area contributed by atoms with E-state index in [-0.39, 0.29) is 29.7 Å². The molecule has 0 fully saturated rings. The Kier molecular flexibility index (Phi) is 4.32. The molecule has 0 N–H and O–H groups in total. The molecule has 1 aliphatic heterocycles. The topological polar surface area (TPSA) is 43.4 Å². The number of thioether (sulfide) groups is 1. The summed E-state index contributed by atoms with van der Waals surface area (Å²) >= 11 is 7.11. The fourth-order valence-electron chi connectivity index (χ4n) is 1.97. The largest absolute Gasteiger partial charge is 0.478 e. The van der Waals surface area contributed by atoms with Crippen molar-refractivity contribution in [3.05, 3.63) is 45.5 Å². The fraction of sp³-hybridized carbons (Fsp3) is 0.286. The van der Waals surface area contributed by atoms with Crippen LogP contribution in [0.2, 0.25) is 5.02 Å². The molecule has 0 bridgehead atoms. The highest BCUT2D eigenvalue weighted by atomic mass is 35.5. The number of ether oxygens (including phenoxy) is 1. The fourth-order valence-corrected chi connectivity index (χ4v) is 2.77. The highest BCUT2D eigenvalue weighted by Gasteiger charge is 2.31. The van der Waals surface area contributed by atoms with Crippen LogP contribution in [-0.4, -0.2) is 17.8 Å². The van der Waals surface area contributed by atoms with Gasteiger partial charge in [-0.3, -0.25) is 9.59 Å². The second kappa shape index (κ2) is 5.80. The van der Waals surface area contributed by atoms with E-state index >= 15 is 0 Å². The Morgan fingerprint density at radius 2 is 2.00 bits per heavy atom. The van der Waals surface area contributed by atoms with Gasteiger partial charge in [-0.05, 0) is 30.9 Å². The molecular weight excluding hydrogens is 284 g/mol. The maximum Gasteiger partial charge on any atom is 0.174 e. The van der Waals surface area contributed by atoms with Crippen LogP contribution in [0.5, 0.6) is 0 Å². The zero-order valence-electron chi connectivity index (χ0n) is 10.6. The summed E-state index contributed by atoms with van der Waals surface area (Å²) in [6.45, 7) is 1.38. The SMILES string of the molecule is CSC1=C(C(C)=O)C(=O)CC(c2ccc(Cl)cc2)O1. The summed E-state index contributed by atoms with van der Waals surface area (Å²) in [6, 6.07) is 7.18. The molecule has 3 nitrogen and oxygen atoms in total. The van der Waals surface area contributed by atoms with Crippen molar-refractivity contribution < 1.29 is 14.3 Å². The summed E-state index contributed by atoms with van der Waals surface area (Å²) in [5.41, 5.74) is 1.06. The number of carbonyl (C=O) groups excluding carboxylic acids is 2. The Morgan fingerprint density at radius 3 is 2.53 bits per heavy atom. The van der Waals surface area contributed by atoms with Crippen LogP contribution < -0.4 is 0 Å². The molecule has 2 rings (SSSR count). The van der Waals surface area contributed by atoms with E-state index in [1.807, 2.05) is 12.1 Å². The average molecular weight is 297 g/mol. The van der Waals surface area contributed by atoms with Crippen molar-refractivity contribution in [3.8, 4) is 0 Å². The lowest BCUT2D eigenvalue weighted by Crippen LogP contribution is -2.23. The molecule has 0 radical (unpaired) electrons. The Morgan fingerprint density at radius 1 is 1.37 bits per heavy atom. The third-order valence-corrected chi connectivity index (χ3v) is 3.81. The van der Waals surface area contributed by atoms with Crippen LogP contribution >= 0.6 is 23.4 Å². The van der Waals surface area contributed by atoms with E-state index in [1.54, 1.807) is 18.4 Å². The Balaban J connectivity index is 2.32. The third kappa shape index (κ3) is 3.01. The lowest BCUT2D eigenvalue weighted by Gasteiger charge is -2.26. The second-order valence-corrected chi connectivity index (χ2v) is 5.42. The van der Waals surface area contributed by atoms with Crippen molar-refractivity contribution in [2.75, 3.05) is 6.26 Å². The smallest absolute Gasteiger partial charge is 0.174 e. The maximum absolute atomic E-state index is 12.1. The van der Waals surface area contributed by atoms with Gasteiger partial charge in [0.1, 0.15) is 11.7 Å². The van der Waals surface area contributed by atoms with Gasteiger partial charge in [0.05, 0.1) is 6.42 Å². The van der Waals surface area contributed by atoms with Crippen LogP contribution in [-0.2, 0) is 14.3 Å². The monoisotopic (exact) mass is 296 g/mol. The molecule has 0 saturated heterocycles. The van der Waals surface area contributed by atoms with E-state index in [9.17, 15) is 9.59 Å². The van der Waals surface area contributed by atoms with E-state index in [1.165, 1.54) is 18.7 Å². The van der Waals surface area contributed by atoms with Crippen LogP contribution in [0.1, 0.15) is 25.0 Å². The molecule has 1 aromatic carbocycles. The number of allylic oxidation sites excluding steroid dienone is 1. The second-order valence-electron chi connectivity index (χ2n) is 4.21. The first-order valence-electron chi connectivity index (χ1n) is 5.77. The number of ketones is 2. The number of hydrogen-bond acceptors (Lipinski definition) is 4. The zero-order valence-corrected chi connectivity index (χ0v) is 12.2. The van der Waals surface area contributed by atoms with Gasteiger partial charge in [0.2, 0.25) is 0 Å². The van der Waals surface area contributed by atoms with E-state index in [2.05, 4.69) is 0 Å². The molecule has 0 amide bonds. The van der Waals surface area contributed by atoms with Crippen molar-refractivity contribution >= 4 is 34.9 Å². The van der Waals surface area contributed by atoms with E-state index in [4.69, 9.17) is 16.3 Å². The summed E-state index contributed by atoms with van der Waals surface area (Å²) in [5, 5.41) is 1.04. The molecule has 0 spiro atoms. The lowest BCUT2D eigenvalue weighted by atomic mass is 9.97. The number of carbonyl (C=O) groups is 2. The minimum atomic E-state index is -0.352. The van der Waals surface area contributed by atoms with Gasteiger partial charge in [-0.1, -0.05) is 35.5 Å². The van der Waals surface area contributed by atoms with Gasteiger partial charge in [0, 0.05) is 5.02 Å². The van der Waals surface area contributed by atoms with Crippen LogP contribution in [0.15, 0.2) is 34.9 Å². The van der Waals surface area contributed by atoms with Crippen molar-refractivity contribution in [3.63, 3.8) is 0 Å². The normalized spacial score (nSPS) is 19.3. The van der Waals surface area contributed by atoms with Gasteiger partial charge < -0.3 is 4.74 Å². The van der Waals surface area contributed by atoms with Gasteiger partial charge in [0.25, 0.3) is 0 Å². The zero-order chi connectivity index (χ0) is 14.0. The van der Waals surface area contributed by atoms with Crippen molar-refractivity contribution in [1.82, 2.24) is 0 Å².